The monoisotopic (exact) mass is 208 g/mol. The fraction of sp³-hybridized carbons (Fsp3) is 0.417. The van der Waals surface area contributed by atoms with Crippen LogP contribution in [-0.2, 0) is 5.41 Å². The Labute approximate surface area is 89.9 Å². The summed E-state index contributed by atoms with van der Waals surface area (Å²) in [7, 11) is 0. The van der Waals surface area contributed by atoms with Crippen LogP contribution in [-0.4, -0.2) is 11.1 Å². The smallest absolute Gasteiger partial charge is 0.335 e. The van der Waals surface area contributed by atoms with Crippen molar-refractivity contribution in [3.63, 3.8) is 0 Å². The Balaban J connectivity index is 3.28. The first kappa shape index (κ1) is 11.7. The molecule has 0 aliphatic rings. The van der Waals surface area contributed by atoms with E-state index in [1.54, 1.807) is 18.2 Å². The zero-order valence-corrected chi connectivity index (χ0v) is 9.50. The quantitative estimate of drug-likeness (QED) is 0.797. The number of aromatic carboxylic acids is 1. The van der Waals surface area contributed by atoms with Gasteiger partial charge in [-0.2, -0.15) is 0 Å². The average molecular weight is 208 g/mol. The second-order valence-corrected chi connectivity index (χ2v) is 4.41. The molecule has 0 radical (unpaired) electrons. The average Bonchev–Trinajstić information content (AvgIpc) is 2.17. The number of quaternary nitrogens is 1. The summed E-state index contributed by atoms with van der Waals surface area (Å²) in [5.74, 6) is -0.886. The largest absolute Gasteiger partial charge is 0.478 e. The molecule has 0 aliphatic heterocycles. The van der Waals surface area contributed by atoms with Gasteiger partial charge in [0.05, 0.1) is 5.56 Å². The van der Waals surface area contributed by atoms with E-state index in [-0.39, 0.29) is 5.41 Å². The van der Waals surface area contributed by atoms with Gasteiger partial charge in [0.2, 0.25) is 0 Å². The molecule has 3 heteroatoms. The number of carboxylic acids is 1. The van der Waals surface area contributed by atoms with Crippen molar-refractivity contribution in [3.05, 3.63) is 29.3 Å². The Hall–Kier alpha value is -1.35. The molecule has 0 spiro atoms. The third kappa shape index (κ3) is 2.36. The van der Waals surface area contributed by atoms with E-state index in [1.807, 2.05) is 0 Å². The highest BCUT2D eigenvalue weighted by atomic mass is 16.4. The first-order chi connectivity index (χ1) is 6.88. The number of carboxylic acid groups (broad SMARTS) is 1. The van der Waals surface area contributed by atoms with Gasteiger partial charge >= 0.3 is 5.97 Å². The molecule has 0 amide bonds. The van der Waals surface area contributed by atoms with Crippen LogP contribution in [0.2, 0.25) is 0 Å². The Morgan fingerprint density at radius 1 is 1.47 bits per heavy atom. The maximum Gasteiger partial charge on any atom is 0.335 e. The van der Waals surface area contributed by atoms with Crippen molar-refractivity contribution in [1.29, 1.82) is 0 Å². The number of rotatable bonds is 3. The van der Waals surface area contributed by atoms with Crippen molar-refractivity contribution in [3.8, 4) is 0 Å². The summed E-state index contributed by atoms with van der Waals surface area (Å²) < 4.78 is 0. The predicted molar refractivity (Wildman–Crippen MR) is 59.3 cm³/mol. The van der Waals surface area contributed by atoms with E-state index in [9.17, 15) is 4.79 Å². The molecule has 1 rings (SSSR count). The molecule has 1 aromatic carbocycles. The Morgan fingerprint density at radius 3 is 2.53 bits per heavy atom. The summed E-state index contributed by atoms with van der Waals surface area (Å²) in [5.41, 5.74) is 6.18. The predicted octanol–water partition coefficient (Wildman–Crippen LogP) is 1.95. The molecule has 1 aromatic rings. The molecule has 0 aliphatic carbocycles. The van der Waals surface area contributed by atoms with Crippen LogP contribution in [0.1, 0.15) is 43.1 Å². The molecular weight excluding hydrogens is 190 g/mol. The molecule has 4 N–H and O–H groups in total. The number of hydrogen-bond acceptors (Lipinski definition) is 1. The molecule has 0 fully saturated rings. The Morgan fingerprint density at radius 2 is 2.07 bits per heavy atom. The molecule has 0 saturated carbocycles. The molecule has 3 nitrogen and oxygen atoms in total. The number of hydrogen-bond donors (Lipinski definition) is 2. The lowest BCUT2D eigenvalue weighted by molar-refractivity contribution is -0.256. The molecule has 0 saturated heterocycles. The van der Waals surface area contributed by atoms with E-state index >= 15 is 0 Å². The van der Waals surface area contributed by atoms with Crippen molar-refractivity contribution in [2.75, 3.05) is 0 Å². The maximum absolute atomic E-state index is 10.9. The van der Waals surface area contributed by atoms with Crippen molar-refractivity contribution in [2.45, 2.75) is 32.6 Å². The molecule has 0 aromatic heterocycles. The minimum absolute atomic E-state index is 0.0253. The van der Waals surface area contributed by atoms with E-state index in [0.717, 1.165) is 17.7 Å². The molecule has 0 unspecified atom stereocenters. The summed E-state index contributed by atoms with van der Waals surface area (Å²) in [5, 5.41) is 8.92. The summed E-state index contributed by atoms with van der Waals surface area (Å²) in [4.78, 5) is 10.9. The van der Waals surface area contributed by atoms with Crippen LogP contribution in [0, 0.1) is 0 Å². The standard InChI is InChI=1S/C12H17NO2/c1-4-12(2,3)9-7-8(11(14)15)5-6-10(9)13/h5-7H,4,13H2,1-3H3,(H,14,15)/p+1. The SMILES string of the molecule is CCC(C)(C)c1cc(C(=O)O)ccc1[NH3+]. The van der Waals surface area contributed by atoms with Crippen LogP contribution >= 0.6 is 0 Å². The second kappa shape index (κ2) is 4.03. The van der Waals surface area contributed by atoms with Crippen molar-refractivity contribution >= 4 is 11.7 Å². The Kier molecular flexibility index (Phi) is 3.15. The summed E-state index contributed by atoms with van der Waals surface area (Å²) in [6, 6.07) is 5.10. The molecule has 15 heavy (non-hydrogen) atoms. The number of benzene rings is 1. The summed E-state index contributed by atoms with van der Waals surface area (Å²) in [6.45, 7) is 6.29. The van der Waals surface area contributed by atoms with Crippen LogP contribution < -0.4 is 5.73 Å². The number of carbonyl (C=O) groups is 1. The maximum atomic E-state index is 10.9. The van der Waals surface area contributed by atoms with E-state index in [4.69, 9.17) is 5.11 Å². The normalized spacial score (nSPS) is 11.5. The van der Waals surface area contributed by atoms with Crippen LogP contribution in [0.4, 0.5) is 5.69 Å². The zero-order chi connectivity index (χ0) is 11.6. The lowest BCUT2D eigenvalue weighted by atomic mass is 9.80. The third-order valence-corrected chi connectivity index (χ3v) is 2.97. The first-order valence-electron chi connectivity index (χ1n) is 5.08. The lowest BCUT2D eigenvalue weighted by Gasteiger charge is -2.23. The van der Waals surface area contributed by atoms with Crippen LogP contribution in [0.3, 0.4) is 0 Å². The van der Waals surface area contributed by atoms with Gasteiger partial charge in [0.1, 0.15) is 5.69 Å². The molecule has 0 heterocycles. The minimum atomic E-state index is -0.886. The highest BCUT2D eigenvalue weighted by Gasteiger charge is 2.23. The van der Waals surface area contributed by atoms with Crippen LogP contribution in [0.25, 0.3) is 0 Å². The van der Waals surface area contributed by atoms with Gasteiger partial charge in [-0.1, -0.05) is 20.8 Å². The van der Waals surface area contributed by atoms with Crippen LogP contribution in [0.5, 0.6) is 0 Å². The second-order valence-electron chi connectivity index (χ2n) is 4.41. The Bertz CT molecular complexity index is 383. The van der Waals surface area contributed by atoms with Gasteiger partial charge < -0.3 is 10.8 Å². The van der Waals surface area contributed by atoms with Crippen molar-refractivity contribution < 1.29 is 15.6 Å². The molecule has 82 valence electrons. The van der Waals surface area contributed by atoms with Gasteiger partial charge in [-0.3, -0.25) is 0 Å². The summed E-state index contributed by atoms with van der Waals surface area (Å²) in [6.07, 6.45) is 0.957. The van der Waals surface area contributed by atoms with Gasteiger partial charge in [-0.05, 0) is 24.0 Å². The van der Waals surface area contributed by atoms with E-state index < -0.39 is 5.97 Å². The fourth-order valence-electron chi connectivity index (χ4n) is 1.53. The van der Waals surface area contributed by atoms with Gasteiger partial charge in [-0.25, -0.2) is 4.79 Å². The zero-order valence-electron chi connectivity index (χ0n) is 9.50. The van der Waals surface area contributed by atoms with Gasteiger partial charge in [0.25, 0.3) is 0 Å². The summed E-state index contributed by atoms with van der Waals surface area (Å²) >= 11 is 0. The fourth-order valence-corrected chi connectivity index (χ4v) is 1.53. The van der Waals surface area contributed by atoms with Gasteiger partial charge in [0, 0.05) is 11.6 Å². The van der Waals surface area contributed by atoms with Gasteiger partial charge in [-0.15, -0.1) is 0 Å². The first-order valence-corrected chi connectivity index (χ1v) is 5.08. The van der Waals surface area contributed by atoms with Crippen molar-refractivity contribution in [2.24, 2.45) is 0 Å². The molecular formula is C12H18NO2+. The third-order valence-electron chi connectivity index (χ3n) is 2.97. The highest BCUT2D eigenvalue weighted by molar-refractivity contribution is 5.88. The topological polar surface area (TPSA) is 64.9 Å². The minimum Gasteiger partial charge on any atom is -0.478 e. The highest BCUT2D eigenvalue weighted by Crippen LogP contribution is 2.31. The van der Waals surface area contributed by atoms with E-state index in [2.05, 4.69) is 26.5 Å². The van der Waals surface area contributed by atoms with E-state index in [0.29, 0.717) is 5.56 Å². The lowest BCUT2D eigenvalue weighted by Crippen LogP contribution is -2.43. The van der Waals surface area contributed by atoms with Gasteiger partial charge in [0.15, 0.2) is 0 Å². The molecule has 0 bridgehead atoms. The van der Waals surface area contributed by atoms with E-state index in [1.165, 1.54) is 0 Å². The van der Waals surface area contributed by atoms with Crippen LogP contribution in [0.15, 0.2) is 18.2 Å². The van der Waals surface area contributed by atoms with Crippen molar-refractivity contribution in [1.82, 2.24) is 0 Å². The molecule has 0 atom stereocenters.